The summed E-state index contributed by atoms with van der Waals surface area (Å²) in [5.41, 5.74) is 4.60. The topological polar surface area (TPSA) is 99.1 Å². The Morgan fingerprint density at radius 3 is 3.10 bits per heavy atom. The summed E-state index contributed by atoms with van der Waals surface area (Å²) in [5, 5.41) is 13.7. The number of imidazole rings is 1. The van der Waals surface area contributed by atoms with Gasteiger partial charge in [-0.25, -0.2) is 15.0 Å². The number of hydrogen-bond donors (Lipinski definition) is 3. The first-order valence-electron chi connectivity index (χ1n) is 5.66. The Kier molecular flexibility index (Phi) is 3.30. The van der Waals surface area contributed by atoms with E-state index >= 15 is 0 Å². The van der Waals surface area contributed by atoms with Gasteiger partial charge in [-0.15, -0.1) is 0 Å². The van der Waals surface area contributed by atoms with Crippen LogP contribution in [0.2, 0.25) is 0 Å². The third-order valence-electron chi connectivity index (χ3n) is 2.59. The molecule has 0 radical (unpaired) electrons. The minimum absolute atomic E-state index is 0.146. The van der Waals surface area contributed by atoms with Gasteiger partial charge < -0.3 is 10.1 Å². The van der Waals surface area contributed by atoms with Crippen LogP contribution in [0.25, 0.3) is 11.2 Å². The minimum Gasteiger partial charge on any atom is -0.507 e. The Labute approximate surface area is 121 Å². The van der Waals surface area contributed by atoms with Crippen LogP contribution in [-0.2, 0) is 0 Å². The van der Waals surface area contributed by atoms with E-state index in [2.05, 4.69) is 46.4 Å². The molecule has 20 heavy (non-hydrogen) atoms. The van der Waals surface area contributed by atoms with Gasteiger partial charge >= 0.3 is 0 Å². The number of rotatable bonds is 3. The lowest BCUT2D eigenvalue weighted by atomic mass is 10.2. The molecule has 0 aliphatic heterocycles. The molecular weight excluding hydrogens is 324 g/mol. The molecule has 0 amide bonds. The van der Waals surface area contributed by atoms with Crippen molar-refractivity contribution < 1.29 is 5.11 Å². The molecule has 3 rings (SSSR count). The van der Waals surface area contributed by atoms with Gasteiger partial charge in [-0.1, -0.05) is 15.9 Å². The number of aromatic amines is 1. The molecule has 8 heteroatoms. The van der Waals surface area contributed by atoms with Gasteiger partial charge in [0.2, 0.25) is 0 Å². The van der Waals surface area contributed by atoms with Crippen LogP contribution in [0.5, 0.6) is 5.75 Å². The Hall–Kier alpha value is -2.48. The Balaban J connectivity index is 1.84. The normalized spacial score (nSPS) is 11.2. The highest BCUT2D eigenvalue weighted by molar-refractivity contribution is 9.10. The van der Waals surface area contributed by atoms with Gasteiger partial charge in [0, 0.05) is 10.0 Å². The van der Waals surface area contributed by atoms with Crippen molar-refractivity contribution in [1.29, 1.82) is 0 Å². The summed E-state index contributed by atoms with van der Waals surface area (Å²) in [5.74, 6) is 0.659. The molecule has 0 fully saturated rings. The average Bonchev–Trinajstić information content (AvgIpc) is 2.92. The lowest BCUT2D eigenvalue weighted by molar-refractivity contribution is 0.474. The predicted octanol–water partition coefficient (Wildman–Crippen LogP) is 2.27. The zero-order valence-electron chi connectivity index (χ0n) is 10.1. The third kappa shape index (κ3) is 2.45. The van der Waals surface area contributed by atoms with Crippen molar-refractivity contribution in [1.82, 2.24) is 19.9 Å². The van der Waals surface area contributed by atoms with E-state index in [-0.39, 0.29) is 5.75 Å². The number of hydrazone groups is 1. The molecule has 3 N–H and O–H groups in total. The van der Waals surface area contributed by atoms with Crippen molar-refractivity contribution in [2.45, 2.75) is 0 Å². The molecule has 2 heterocycles. The highest BCUT2D eigenvalue weighted by atomic mass is 79.9. The van der Waals surface area contributed by atoms with Gasteiger partial charge in [-0.05, 0) is 18.2 Å². The number of aromatic nitrogens is 4. The highest BCUT2D eigenvalue weighted by Gasteiger charge is 2.04. The number of phenols is 1. The molecule has 0 atom stereocenters. The molecule has 0 spiro atoms. The van der Waals surface area contributed by atoms with Gasteiger partial charge in [0.25, 0.3) is 0 Å². The first kappa shape index (κ1) is 12.5. The fraction of sp³-hybridized carbons (Fsp3) is 0. The van der Waals surface area contributed by atoms with Crippen LogP contribution in [-0.4, -0.2) is 31.3 Å². The average molecular weight is 333 g/mol. The molecule has 3 aromatic rings. The van der Waals surface area contributed by atoms with Crippen LogP contribution in [0.15, 0.2) is 40.4 Å². The largest absolute Gasteiger partial charge is 0.507 e. The number of nitrogens with one attached hydrogen (secondary N) is 2. The highest BCUT2D eigenvalue weighted by Crippen LogP contribution is 2.20. The predicted molar refractivity (Wildman–Crippen MR) is 78.7 cm³/mol. The summed E-state index contributed by atoms with van der Waals surface area (Å²) in [7, 11) is 0. The van der Waals surface area contributed by atoms with Crippen molar-refractivity contribution in [2.75, 3.05) is 5.43 Å². The van der Waals surface area contributed by atoms with Gasteiger partial charge in [0.05, 0.1) is 12.5 Å². The van der Waals surface area contributed by atoms with Crippen LogP contribution in [0.1, 0.15) is 5.56 Å². The van der Waals surface area contributed by atoms with Crippen LogP contribution >= 0.6 is 15.9 Å². The Morgan fingerprint density at radius 1 is 1.30 bits per heavy atom. The lowest BCUT2D eigenvalue weighted by Crippen LogP contribution is -1.96. The number of benzene rings is 1. The second kappa shape index (κ2) is 5.25. The summed E-state index contributed by atoms with van der Waals surface area (Å²) < 4.78 is 0.856. The molecule has 2 aromatic heterocycles. The van der Waals surface area contributed by atoms with E-state index in [1.807, 2.05) is 0 Å². The maximum atomic E-state index is 9.69. The van der Waals surface area contributed by atoms with Crippen LogP contribution < -0.4 is 5.43 Å². The van der Waals surface area contributed by atoms with Gasteiger partial charge in [-0.2, -0.15) is 5.10 Å². The maximum absolute atomic E-state index is 9.69. The molecule has 7 nitrogen and oxygen atoms in total. The standard InChI is InChI=1S/C12H9BrN6O/c13-8-1-2-9(20)7(3-8)4-18-19-12-10-11(15-5-14-10)16-6-17-12/h1-6,20H,(H2,14,15,16,17,19)/b18-4+. The Morgan fingerprint density at radius 2 is 2.20 bits per heavy atom. The molecule has 0 unspecified atom stereocenters. The monoisotopic (exact) mass is 332 g/mol. The molecule has 0 bridgehead atoms. The van der Waals surface area contributed by atoms with E-state index in [1.165, 1.54) is 18.9 Å². The smallest absolute Gasteiger partial charge is 0.182 e. The minimum atomic E-state index is 0.146. The number of H-pyrrole nitrogens is 1. The van der Waals surface area contributed by atoms with E-state index in [0.717, 1.165) is 4.47 Å². The molecule has 0 aliphatic carbocycles. The lowest BCUT2D eigenvalue weighted by Gasteiger charge is -2.01. The van der Waals surface area contributed by atoms with E-state index < -0.39 is 0 Å². The summed E-state index contributed by atoms with van der Waals surface area (Å²) in [6, 6.07) is 5.09. The maximum Gasteiger partial charge on any atom is 0.182 e. The molecule has 1 aromatic carbocycles. The SMILES string of the molecule is Oc1ccc(Br)cc1/C=N/Nc1ncnc2nc[nH]c12. The molecule has 100 valence electrons. The van der Waals surface area contributed by atoms with Crippen LogP contribution in [0.3, 0.4) is 0 Å². The number of fused-ring (bicyclic) bond motifs is 1. The van der Waals surface area contributed by atoms with Crippen molar-refractivity contribution in [3.8, 4) is 5.75 Å². The van der Waals surface area contributed by atoms with E-state index in [4.69, 9.17) is 0 Å². The number of halogens is 1. The number of hydrogen-bond acceptors (Lipinski definition) is 6. The van der Waals surface area contributed by atoms with Crippen molar-refractivity contribution in [2.24, 2.45) is 5.10 Å². The van der Waals surface area contributed by atoms with Gasteiger partial charge in [0.1, 0.15) is 17.6 Å². The summed E-state index contributed by atoms with van der Waals surface area (Å²) >= 11 is 3.33. The van der Waals surface area contributed by atoms with E-state index in [1.54, 1.807) is 18.2 Å². The van der Waals surface area contributed by atoms with Crippen molar-refractivity contribution in [3.63, 3.8) is 0 Å². The zero-order valence-corrected chi connectivity index (χ0v) is 11.7. The first-order valence-corrected chi connectivity index (χ1v) is 6.45. The summed E-state index contributed by atoms with van der Waals surface area (Å²) in [6.07, 6.45) is 4.44. The second-order valence-electron chi connectivity index (χ2n) is 3.90. The number of aromatic hydroxyl groups is 1. The zero-order chi connectivity index (χ0) is 13.9. The third-order valence-corrected chi connectivity index (χ3v) is 3.08. The van der Waals surface area contributed by atoms with E-state index in [0.29, 0.717) is 22.5 Å². The van der Waals surface area contributed by atoms with Crippen molar-refractivity contribution >= 4 is 39.1 Å². The quantitative estimate of drug-likeness (QED) is 0.504. The molecule has 0 saturated carbocycles. The Bertz CT molecular complexity index is 784. The number of nitrogens with zero attached hydrogens (tertiary/aromatic N) is 4. The summed E-state index contributed by atoms with van der Waals surface area (Å²) in [4.78, 5) is 15.0. The van der Waals surface area contributed by atoms with Crippen LogP contribution in [0, 0.1) is 0 Å². The van der Waals surface area contributed by atoms with Gasteiger partial charge in [0.15, 0.2) is 11.5 Å². The molecule has 0 aliphatic rings. The fourth-order valence-electron chi connectivity index (χ4n) is 1.64. The molecule has 0 saturated heterocycles. The van der Waals surface area contributed by atoms with Gasteiger partial charge in [-0.3, -0.25) is 5.43 Å². The van der Waals surface area contributed by atoms with Crippen molar-refractivity contribution in [3.05, 3.63) is 40.9 Å². The first-order chi connectivity index (χ1) is 9.74. The summed E-state index contributed by atoms with van der Waals surface area (Å²) in [6.45, 7) is 0. The molecular formula is C12H9BrN6O. The number of phenolic OH excluding ortho intramolecular Hbond substituents is 1. The number of anilines is 1. The fourth-order valence-corrected chi connectivity index (χ4v) is 2.02. The van der Waals surface area contributed by atoms with E-state index in [9.17, 15) is 5.11 Å². The second-order valence-corrected chi connectivity index (χ2v) is 4.81. The van der Waals surface area contributed by atoms with Crippen LogP contribution in [0.4, 0.5) is 5.82 Å².